The molecule has 1 aliphatic rings. The van der Waals surface area contributed by atoms with Crippen molar-refractivity contribution in [2.75, 3.05) is 7.11 Å². The Balaban J connectivity index is 1.86. The second-order valence-electron chi connectivity index (χ2n) is 5.97. The highest BCUT2D eigenvalue weighted by molar-refractivity contribution is 5.76. The minimum absolute atomic E-state index is 0.00298. The molecule has 0 saturated heterocycles. The van der Waals surface area contributed by atoms with Gasteiger partial charge in [0.2, 0.25) is 5.91 Å². The summed E-state index contributed by atoms with van der Waals surface area (Å²) in [5.74, 6) is 1.26. The molecule has 1 fully saturated rings. The number of rotatable bonds is 5. The van der Waals surface area contributed by atoms with Gasteiger partial charge in [0.25, 0.3) is 0 Å². The van der Waals surface area contributed by atoms with Crippen LogP contribution in [0.5, 0.6) is 5.75 Å². The van der Waals surface area contributed by atoms with E-state index in [0.29, 0.717) is 12.3 Å². The van der Waals surface area contributed by atoms with Crippen molar-refractivity contribution < 1.29 is 9.53 Å². The minimum atomic E-state index is 0.00298. The Bertz CT molecular complexity index is 458. The average molecular weight is 290 g/mol. The summed E-state index contributed by atoms with van der Waals surface area (Å²) in [5, 5.41) is 3.07. The van der Waals surface area contributed by atoms with Crippen LogP contribution in [-0.4, -0.2) is 19.1 Å². The van der Waals surface area contributed by atoms with Gasteiger partial charge in [-0.1, -0.05) is 25.0 Å². The molecule has 3 N–H and O–H groups in total. The number of hydrogen-bond acceptors (Lipinski definition) is 3. The fraction of sp³-hybridized carbons (Fsp3) is 0.588. The molecule has 0 aromatic heterocycles. The van der Waals surface area contributed by atoms with Gasteiger partial charge in [-0.05, 0) is 43.4 Å². The normalized spacial score (nSPS) is 23.4. The molecule has 1 aromatic rings. The summed E-state index contributed by atoms with van der Waals surface area (Å²) < 4.78 is 5.14. The van der Waals surface area contributed by atoms with E-state index in [9.17, 15) is 4.79 Å². The van der Waals surface area contributed by atoms with E-state index >= 15 is 0 Å². The number of carbonyl (C=O) groups is 1. The van der Waals surface area contributed by atoms with E-state index in [1.807, 2.05) is 31.2 Å². The zero-order valence-corrected chi connectivity index (χ0v) is 13.0. The van der Waals surface area contributed by atoms with Crippen LogP contribution in [0.4, 0.5) is 0 Å². The fourth-order valence-electron chi connectivity index (χ4n) is 3.00. The first-order valence-electron chi connectivity index (χ1n) is 7.79. The molecule has 0 aliphatic heterocycles. The lowest BCUT2D eigenvalue weighted by atomic mass is 9.83. The number of hydrogen-bond donors (Lipinski definition) is 2. The van der Waals surface area contributed by atoms with Crippen molar-refractivity contribution in [3.05, 3.63) is 29.8 Å². The maximum atomic E-state index is 12.2. The average Bonchev–Trinajstić information content (AvgIpc) is 2.49. The number of amides is 1. The van der Waals surface area contributed by atoms with Gasteiger partial charge in [-0.15, -0.1) is 0 Å². The quantitative estimate of drug-likeness (QED) is 0.876. The van der Waals surface area contributed by atoms with Gasteiger partial charge in [-0.3, -0.25) is 4.79 Å². The molecule has 0 heterocycles. The first kappa shape index (κ1) is 15.8. The topological polar surface area (TPSA) is 64.3 Å². The van der Waals surface area contributed by atoms with Crippen LogP contribution in [0.1, 0.15) is 50.6 Å². The fourth-order valence-corrected chi connectivity index (χ4v) is 3.00. The molecule has 1 saturated carbocycles. The van der Waals surface area contributed by atoms with Gasteiger partial charge in [0.1, 0.15) is 5.75 Å². The van der Waals surface area contributed by atoms with E-state index in [1.165, 1.54) is 12.8 Å². The van der Waals surface area contributed by atoms with Crippen LogP contribution in [0.25, 0.3) is 0 Å². The zero-order valence-electron chi connectivity index (χ0n) is 13.0. The van der Waals surface area contributed by atoms with Crippen molar-refractivity contribution in [3.8, 4) is 5.75 Å². The number of nitrogens with one attached hydrogen (secondary N) is 1. The molecule has 0 spiro atoms. The molecule has 2 rings (SSSR count). The summed E-state index contributed by atoms with van der Waals surface area (Å²) in [5.41, 5.74) is 7.19. The molecule has 1 aliphatic carbocycles. The van der Waals surface area contributed by atoms with Crippen LogP contribution < -0.4 is 15.8 Å². The summed E-state index contributed by atoms with van der Waals surface area (Å²) in [7, 11) is 1.65. The van der Waals surface area contributed by atoms with Gasteiger partial charge in [-0.2, -0.15) is 0 Å². The smallest absolute Gasteiger partial charge is 0.220 e. The van der Waals surface area contributed by atoms with Gasteiger partial charge in [0.05, 0.1) is 13.2 Å². The first-order chi connectivity index (χ1) is 10.1. The third-order valence-corrected chi connectivity index (χ3v) is 4.41. The Kier molecular flexibility index (Phi) is 5.62. The molecule has 3 atom stereocenters. The van der Waals surface area contributed by atoms with Crippen LogP contribution in [0, 0.1) is 5.92 Å². The molecule has 3 unspecified atom stereocenters. The van der Waals surface area contributed by atoms with Crippen molar-refractivity contribution in [2.24, 2.45) is 11.7 Å². The Morgan fingerprint density at radius 2 is 2.00 bits per heavy atom. The maximum Gasteiger partial charge on any atom is 0.220 e. The molecule has 0 bridgehead atoms. The van der Waals surface area contributed by atoms with E-state index in [0.717, 1.165) is 24.2 Å². The first-order valence-corrected chi connectivity index (χ1v) is 7.79. The summed E-state index contributed by atoms with van der Waals surface area (Å²) >= 11 is 0. The maximum absolute atomic E-state index is 12.2. The second kappa shape index (κ2) is 7.46. The monoisotopic (exact) mass is 290 g/mol. The van der Waals surface area contributed by atoms with Crippen molar-refractivity contribution >= 4 is 5.91 Å². The molecular weight excluding hydrogens is 264 g/mol. The standard InChI is InChI=1S/C17H26N2O2/c1-12(13-7-9-15(21-2)10-8-13)19-17(20)11-14-5-3-4-6-16(14)18/h7-10,12,14,16H,3-6,11,18H2,1-2H3,(H,19,20). The molecule has 116 valence electrons. The third kappa shape index (κ3) is 4.46. The van der Waals surface area contributed by atoms with Crippen LogP contribution in [0.15, 0.2) is 24.3 Å². The van der Waals surface area contributed by atoms with Crippen molar-refractivity contribution in [2.45, 2.75) is 51.1 Å². The Labute approximate surface area is 127 Å². The number of methoxy groups -OCH3 is 1. The highest BCUT2D eigenvalue weighted by atomic mass is 16.5. The van der Waals surface area contributed by atoms with E-state index in [4.69, 9.17) is 10.5 Å². The van der Waals surface area contributed by atoms with Crippen molar-refractivity contribution in [3.63, 3.8) is 0 Å². The van der Waals surface area contributed by atoms with Crippen LogP contribution in [0.2, 0.25) is 0 Å². The van der Waals surface area contributed by atoms with Gasteiger partial charge < -0.3 is 15.8 Å². The highest BCUT2D eigenvalue weighted by Crippen LogP contribution is 2.26. The van der Waals surface area contributed by atoms with E-state index in [2.05, 4.69) is 5.32 Å². The number of carbonyl (C=O) groups excluding carboxylic acids is 1. The molecular formula is C17H26N2O2. The summed E-state index contributed by atoms with van der Waals surface area (Å²) in [6.45, 7) is 2.00. The van der Waals surface area contributed by atoms with E-state index in [1.54, 1.807) is 7.11 Å². The highest BCUT2D eigenvalue weighted by Gasteiger charge is 2.24. The Morgan fingerprint density at radius 3 is 2.62 bits per heavy atom. The summed E-state index contributed by atoms with van der Waals surface area (Å²) in [4.78, 5) is 12.2. The number of ether oxygens (including phenoxy) is 1. The van der Waals surface area contributed by atoms with E-state index < -0.39 is 0 Å². The molecule has 4 nitrogen and oxygen atoms in total. The SMILES string of the molecule is COc1ccc(C(C)NC(=O)CC2CCCCC2N)cc1. The van der Waals surface area contributed by atoms with Crippen molar-refractivity contribution in [1.29, 1.82) is 0 Å². The lowest BCUT2D eigenvalue weighted by Crippen LogP contribution is -2.37. The predicted octanol–water partition coefficient (Wildman–Crippen LogP) is 2.78. The molecule has 4 heteroatoms. The van der Waals surface area contributed by atoms with Gasteiger partial charge in [0.15, 0.2) is 0 Å². The van der Waals surface area contributed by atoms with Crippen LogP contribution in [-0.2, 0) is 4.79 Å². The summed E-state index contributed by atoms with van der Waals surface area (Å²) in [6.07, 6.45) is 5.06. The van der Waals surface area contributed by atoms with Crippen LogP contribution >= 0.6 is 0 Å². The van der Waals surface area contributed by atoms with Gasteiger partial charge >= 0.3 is 0 Å². The Hall–Kier alpha value is -1.55. The summed E-state index contributed by atoms with van der Waals surface area (Å²) in [6, 6.07) is 7.97. The minimum Gasteiger partial charge on any atom is -0.497 e. The van der Waals surface area contributed by atoms with Crippen molar-refractivity contribution in [1.82, 2.24) is 5.32 Å². The number of benzene rings is 1. The molecule has 0 radical (unpaired) electrons. The Morgan fingerprint density at radius 1 is 1.33 bits per heavy atom. The van der Waals surface area contributed by atoms with Gasteiger partial charge in [-0.25, -0.2) is 0 Å². The van der Waals surface area contributed by atoms with Crippen LogP contribution in [0.3, 0.4) is 0 Å². The largest absolute Gasteiger partial charge is 0.497 e. The molecule has 21 heavy (non-hydrogen) atoms. The zero-order chi connectivity index (χ0) is 15.2. The molecule has 1 aromatic carbocycles. The molecule has 1 amide bonds. The van der Waals surface area contributed by atoms with E-state index in [-0.39, 0.29) is 18.0 Å². The lowest BCUT2D eigenvalue weighted by Gasteiger charge is -2.28. The second-order valence-corrected chi connectivity index (χ2v) is 5.97. The number of nitrogens with two attached hydrogens (primary N) is 1. The van der Waals surface area contributed by atoms with Gasteiger partial charge in [0, 0.05) is 12.5 Å². The predicted molar refractivity (Wildman–Crippen MR) is 84.1 cm³/mol. The third-order valence-electron chi connectivity index (χ3n) is 4.41. The lowest BCUT2D eigenvalue weighted by molar-refractivity contribution is -0.123.